The minimum Gasteiger partial charge on any atom is -0.468 e. The van der Waals surface area contributed by atoms with Crippen LogP contribution in [0.15, 0.2) is 35.5 Å². The van der Waals surface area contributed by atoms with Crippen molar-refractivity contribution in [2.75, 3.05) is 13.7 Å². The van der Waals surface area contributed by atoms with E-state index in [0.717, 1.165) is 0 Å². The van der Waals surface area contributed by atoms with E-state index in [-0.39, 0.29) is 28.0 Å². The van der Waals surface area contributed by atoms with Gasteiger partial charge in [-0.25, -0.2) is 4.99 Å². The van der Waals surface area contributed by atoms with E-state index < -0.39 is 24.3 Å². The van der Waals surface area contributed by atoms with Crippen LogP contribution in [-0.4, -0.2) is 53.8 Å². The van der Waals surface area contributed by atoms with Crippen molar-refractivity contribution in [1.82, 2.24) is 10.2 Å². The molecule has 0 saturated heterocycles. The fourth-order valence-electron chi connectivity index (χ4n) is 2.06. The maximum Gasteiger partial charge on any atom is 0.324 e. The number of amidine groups is 1. The van der Waals surface area contributed by atoms with Gasteiger partial charge in [-0.2, -0.15) is 0 Å². The first-order valence-electron chi connectivity index (χ1n) is 7.12. The molecule has 1 aliphatic rings. The molecule has 2 atom stereocenters. The van der Waals surface area contributed by atoms with Crippen LogP contribution >= 0.6 is 23.2 Å². The molecular weight excluding hydrogens is 371 g/mol. The lowest BCUT2D eigenvalue weighted by molar-refractivity contribution is -0.142. The van der Waals surface area contributed by atoms with Crippen LogP contribution in [0.25, 0.3) is 0 Å². The number of ether oxygens (including phenoxy) is 1. The van der Waals surface area contributed by atoms with Crippen LogP contribution in [0.3, 0.4) is 0 Å². The topological polar surface area (TPSA) is 117 Å². The number of aliphatic imine (C=N–C) groups is 1. The summed E-state index contributed by atoms with van der Waals surface area (Å²) in [5.74, 6) is -1.07. The molecule has 0 aliphatic carbocycles. The molecule has 0 fully saturated rings. The average Bonchev–Trinajstić information content (AvgIpc) is 2.56. The number of nitrogens with one attached hydrogen (secondary N) is 1. The number of carbonyl (C=O) groups is 2. The van der Waals surface area contributed by atoms with Crippen LogP contribution in [-0.2, 0) is 9.53 Å². The second-order valence-electron chi connectivity index (χ2n) is 5.05. The first kappa shape index (κ1) is 19.2. The maximum atomic E-state index is 12.3. The lowest BCUT2D eigenvalue weighted by atomic mass is 10.2. The predicted molar refractivity (Wildman–Crippen MR) is 93.2 cm³/mol. The van der Waals surface area contributed by atoms with Crippen LogP contribution in [0.1, 0.15) is 10.4 Å². The molecule has 1 unspecified atom stereocenters. The molecule has 4 N–H and O–H groups in total. The van der Waals surface area contributed by atoms with Crippen molar-refractivity contribution < 1.29 is 19.4 Å². The number of nitrogens with two attached hydrogens (primary N) is 1. The summed E-state index contributed by atoms with van der Waals surface area (Å²) < 4.78 is 4.52. The second-order valence-corrected chi connectivity index (χ2v) is 5.87. The van der Waals surface area contributed by atoms with Gasteiger partial charge in [0.1, 0.15) is 11.9 Å². The Labute approximate surface area is 153 Å². The van der Waals surface area contributed by atoms with Gasteiger partial charge in [-0.3, -0.25) is 9.59 Å². The Balaban J connectivity index is 2.04. The molecule has 10 heteroatoms. The number of methoxy groups -OCH3 is 1. The maximum absolute atomic E-state index is 12.3. The molecule has 1 heterocycles. The molecule has 1 aromatic rings. The van der Waals surface area contributed by atoms with Gasteiger partial charge >= 0.3 is 5.97 Å². The van der Waals surface area contributed by atoms with Crippen LogP contribution in [0, 0.1) is 0 Å². The minimum atomic E-state index is -1.32. The zero-order chi connectivity index (χ0) is 18.6. The van der Waals surface area contributed by atoms with E-state index in [2.05, 4.69) is 15.0 Å². The first-order valence-corrected chi connectivity index (χ1v) is 7.87. The number of amides is 1. The Hall–Kier alpha value is -2.13. The Morgan fingerprint density at radius 1 is 1.44 bits per heavy atom. The number of aliphatic hydroxyl groups is 1. The number of hydrogen-bond donors (Lipinski definition) is 3. The fourth-order valence-corrected chi connectivity index (χ4v) is 2.63. The molecule has 1 aromatic carbocycles. The number of halogens is 2. The van der Waals surface area contributed by atoms with E-state index in [4.69, 9.17) is 28.9 Å². The van der Waals surface area contributed by atoms with Gasteiger partial charge in [-0.1, -0.05) is 29.3 Å². The zero-order valence-corrected chi connectivity index (χ0v) is 14.7. The number of carbonyl (C=O) groups excluding carboxylic acids is 2. The normalized spacial score (nSPS) is 17.7. The highest BCUT2D eigenvalue weighted by Crippen LogP contribution is 2.24. The van der Waals surface area contributed by atoms with E-state index in [0.29, 0.717) is 0 Å². The summed E-state index contributed by atoms with van der Waals surface area (Å²) in [6, 6.07) is 3.74. The second kappa shape index (κ2) is 8.30. The van der Waals surface area contributed by atoms with Gasteiger partial charge in [0.2, 0.25) is 6.35 Å². The molecule has 0 spiro atoms. The fraction of sp³-hybridized carbons (Fsp3) is 0.267. The summed E-state index contributed by atoms with van der Waals surface area (Å²) in [7, 11) is 1.22. The van der Waals surface area contributed by atoms with Crippen molar-refractivity contribution >= 4 is 40.9 Å². The molecule has 0 aromatic heterocycles. The molecule has 2 rings (SSSR count). The van der Waals surface area contributed by atoms with Crippen LogP contribution < -0.4 is 11.1 Å². The van der Waals surface area contributed by atoms with Gasteiger partial charge in [0.05, 0.1) is 22.7 Å². The third-order valence-corrected chi connectivity index (χ3v) is 3.95. The summed E-state index contributed by atoms with van der Waals surface area (Å²) in [4.78, 5) is 28.8. The van der Waals surface area contributed by atoms with Gasteiger partial charge in [-0.05, 0) is 18.2 Å². The van der Waals surface area contributed by atoms with E-state index in [1.54, 1.807) is 6.07 Å². The SMILES string of the molecule is COC(=O)[C@@H](N)CN1C=CC(NC(=O)c2c(Cl)cccc2Cl)=NC1O. The first-order chi connectivity index (χ1) is 11.8. The molecule has 1 amide bonds. The van der Waals surface area contributed by atoms with Crippen LogP contribution in [0.5, 0.6) is 0 Å². The Morgan fingerprint density at radius 2 is 2.08 bits per heavy atom. The minimum absolute atomic E-state index is 0.00852. The Morgan fingerprint density at radius 3 is 2.64 bits per heavy atom. The standard InChI is InChI=1S/C15H16Cl2N4O4/c1-25-14(23)10(18)7-21-6-5-11(20-15(21)24)19-13(22)12-8(16)3-2-4-9(12)17/h2-6,10,15,24H,7,18H2,1H3,(H,19,20,22)/t10-,15?/m0/s1. The van der Waals surface area contributed by atoms with Gasteiger partial charge in [0.25, 0.3) is 5.91 Å². The summed E-state index contributed by atoms with van der Waals surface area (Å²) in [5.41, 5.74) is 5.74. The van der Waals surface area contributed by atoms with Gasteiger partial charge in [-0.15, -0.1) is 0 Å². The lowest BCUT2D eigenvalue weighted by Crippen LogP contribution is -2.46. The van der Waals surface area contributed by atoms with E-state index >= 15 is 0 Å². The van der Waals surface area contributed by atoms with Crippen molar-refractivity contribution in [3.05, 3.63) is 46.1 Å². The number of nitrogens with zero attached hydrogens (tertiary/aromatic N) is 2. The Kier molecular flexibility index (Phi) is 6.38. The molecule has 0 radical (unpaired) electrons. The molecule has 8 nitrogen and oxygen atoms in total. The third kappa shape index (κ3) is 4.70. The van der Waals surface area contributed by atoms with E-state index in [9.17, 15) is 14.7 Å². The van der Waals surface area contributed by atoms with Crippen molar-refractivity contribution in [2.45, 2.75) is 12.4 Å². The van der Waals surface area contributed by atoms with Crippen LogP contribution in [0.2, 0.25) is 10.0 Å². The van der Waals surface area contributed by atoms with Gasteiger partial charge in [0.15, 0.2) is 0 Å². The highest BCUT2D eigenvalue weighted by molar-refractivity contribution is 6.40. The highest BCUT2D eigenvalue weighted by Gasteiger charge is 2.24. The molecule has 1 aliphatic heterocycles. The molecule has 0 bridgehead atoms. The van der Waals surface area contributed by atoms with Crippen molar-refractivity contribution in [3.8, 4) is 0 Å². The van der Waals surface area contributed by atoms with Gasteiger partial charge in [0, 0.05) is 12.7 Å². The van der Waals surface area contributed by atoms with Crippen molar-refractivity contribution in [1.29, 1.82) is 0 Å². The average molecular weight is 387 g/mol. The largest absolute Gasteiger partial charge is 0.468 e. The smallest absolute Gasteiger partial charge is 0.324 e. The molecule has 134 valence electrons. The molecule has 25 heavy (non-hydrogen) atoms. The van der Waals surface area contributed by atoms with E-state index in [1.165, 1.54) is 36.4 Å². The summed E-state index contributed by atoms with van der Waals surface area (Å²) >= 11 is 12.0. The van der Waals surface area contributed by atoms with Crippen molar-refractivity contribution in [2.24, 2.45) is 10.7 Å². The molecular formula is C15H16Cl2N4O4. The quantitative estimate of drug-likeness (QED) is 0.656. The van der Waals surface area contributed by atoms with E-state index in [1.807, 2.05) is 0 Å². The number of rotatable bonds is 4. The number of benzene rings is 1. The third-order valence-electron chi connectivity index (χ3n) is 3.32. The predicted octanol–water partition coefficient (Wildman–Crippen LogP) is 0.727. The summed E-state index contributed by atoms with van der Waals surface area (Å²) in [5, 5.41) is 12.9. The monoisotopic (exact) mass is 386 g/mol. The number of esters is 1. The Bertz CT molecular complexity index is 718. The lowest BCUT2D eigenvalue weighted by Gasteiger charge is -2.28. The van der Waals surface area contributed by atoms with Crippen molar-refractivity contribution in [3.63, 3.8) is 0 Å². The number of aliphatic hydroxyl groups excluding tert-OH is 1. The number of hydrogen-bond acceptors (Lipinski definition) is 7. The zero-order valence-electron chi connectivity index (χ0n) is 13.1. The van der Waals surface area contributed by atoms with Gasteiger partial charge < -0.3 is 25.8 Å². The summed E-state index contributed by atoms with van der Waals surface area (Å²) in [6.45, 7) is -0.00852. The summed E-state index contributed by atoms with van der Waals surface area (Å²) in [6.07, 6.45) is 1.57. The van der Waals surface area contributed by atoms with Crippen LogP contribution in [0.4, 0.5) is 0 Å². The highest BCUT2D eigenvalue weighted by atomic mass is 35.5. The molecule has 0 saturated carbocycles.